The average Bonchev–Trinajstić information content (AvgIpc) is 1.80. The SMILES string of the molecule is CC(Cl)=C(CC(=O)O)C1CCC1. The van der Waals surface area contributed by atoms with E-state index in [0.29, 0.717) is 11.0 Å². The quantitative estimate of drug-likeness (QED) is 0.740. The molecule has 0 heterocycles. The molecule has 1 N–H and O–H groups in total. The third kappa shape index (κ3) is 2.24. The molecule has 0 amide bonds. The lowest BCUT2D eigenvalue weighted by atomic mass is 9.78. The van der Waals surface area contributed by atoms with E-state index in [4.69, 9.17) is 16.7 Å². The fraction of sp³-hybridized carbons (Fsp3) is 0.667. The summed E-state index contributed by atoms with van der Waals surface area (Å²) in [4.78, 5) is 10.5. The summed E-state index contributed by atoms with van der Waals surface area (Å²) in [5.74, 6) is -0.337. The molecular formula is C9H13ClO2. The maximum absolute atomic E-state index is 10.5. The van der Waals surface area contributed by atoms with Crippen molar-refractivity contribution < 1.29 is 9.90 Å². The number of carboxylic acids is 1. The van der Waals surface area contributed by atoms with Crippen LogP contribution in [0.15, 0.2) is 10.6 Å². The first kappa shape index (κ1) is 9.59. The summed E-state index contributed by atoms with van der Waals surface area (Å²) in [6.07, 6.45) is 3.53. The summed E-state index contributed by atoms with van der Waals surface area (Å²) in [6.45, 7) is 1.78. The monoisotopic (exact) mass is 188 g/mol. The molecule has 1 fully saturated rings. The Morgan fingerprint density at radius 1 is 1.58 bits per heavy atom. The van der Waals surface area contributed by atoms with Crippen LogP contribution in [-0.2, 0) is 4.79 Å². The summed E-state index contributed by atoms with van der Waals surface area (Å²) in [6, 6.07) is 0. The Kier molecular flexibility index (Phi) is 3.15. The van der Waals surface area contributed by atoms with Crippen molar-refractivity contribution in [3.63, 3.8) is 0 Å². The summed E-state index contributed by atoms with van der Waals surface area (Å²) in [5.41, 5.74) is 0.926. The van der Waals surface area contributed by atoms with Gasteiger partial charge in [-0.2, -0.15) is 0 Å². The molecule has 1 saturated carbocycles. The van der Waals surface area contributed by atoms with Crippen LogP contribution in [0.1, 0.15) is 32.6 Å². The number of halogens is 1. The Balaban J connectivity index is 2.61. The van der Waals surface area contributed by atoms with Gasteiger partial charge in [-0.1, -0.05) is 18.0 Å². The number of carbonyl (C=O) groups is 1. The Hall–Kier alpha value is -0.500. The molecule has 2 nitrogen and oxygen atoms in total. The maximum Gasteiger partial charge on any atom is 0.307 e. The molecule has 0 spiro atoms. The topological polar surface area (TPSA) is 37.3 Å². The number of carboxylic acid groups (broad SMARTS) is 1. The van der Waals surface area contributed by atoms with Crippen LogP contribution in [0.5, 0.6) is 0 Å². The molecule has 0 aromatic carbocycles. The smallest absolute Gasteiger partial charge is 0.307 e. The van der Waals surface area contributed by atoms with Gasteiger partial charge in [0.25, 0.3) is 0 Å². The molecule has 0 aliphatic heterocycles. The lowest BCUT2D eigenvalue weighted by molar-refractivity contribution is -0.136. The van der Waals surface area contributed by atoms with Crippen molar-refractivity contribution in [2.75, 3.05) is 0 Å². The van der Waals surface area contributed by atoms with Crippen LogP contribution < -0.4 is 0 Å². The van der Waals surface area contributed by atoms with E-state index in [1.165, 1.54) is 6.42 Å². The van der Waals surface area contributed by atoms with Gasteiger partial charge >= 0.3 is 5.97 Å². The van der Waals surface area contributed by atoms with Crippen molar-refractivity contribution >= 4 is 17.6 Å². The highest BCUT2D eigenvalue weighted by Crippen LogP contribution is 2.37. The molecule has 1 rings (SSSR count). The second kappa shape index (κ2) is 3.94. The first-order valence-electron chi connectivity index (χ1n) is 4.18. The number of rotatable bonds is 3. The zero-order chi connectivity index (χ0) is 9.14. The van der Waals surface area contributed by atoms with Gasteiger partial charge in [0.15, 0.2) is 0 Å². The summed E-state index contributed by atoms with van der Waals surface area (Å²) in [7, 11) is 0. The lowest BCUT2D eigenvalue weighted by Crippen LogP contribution is -2.16. The minimum atomic E-state index is -0.781. The van der Waals surface area contributed by atoms with Crippen molar-refractivity contribution in [2.24, 2.45) is 5.92 Å². The molecule has 1 aliphatic rings. The number of hydrogen-bond donors (Lipinski definition) is 1. The van der Waals surface area contributed by atoms with Crippen LogP contribution in [0, 0.1) is 5.92 Å². The summed E-state index contributed by atoms with van der Waals surface area (Å²) >= 11 is 5.81. The molecule has 12 heavy (non-hydrogen) atoms. The first-order valence-corrected chi connectivity index (χ1v) is 4.56. The van der Waals surface area contributed by atoms with E-state index in [2.05, 4.69) is 0 Å². The Bertz CT molecular complexity index is 213. The lowest BCUT2D eigenvalue weighted by Gasteiger charge is -2.28. The predicted molar refractivity (Wildman–Crippen MR) is 48.1 cm³/mol. The number of allylic oxidation sites excluding steroid dienone is 1. The van der Waals surface area contributed by atoms with E-state index >= 15 is 0 Å². The molecule has 68 valence electrons. The highest BCUT2D eigenvalue weighted by Gasteiger charge is 2.24. The van der Waals surface area contributed by atoms with Gasteiger partial charge in [0, 0.05) is 5.03 Å². The van der Waals surface area contributed by atoms with Crippen LogP contribution >= 0.6 is 11.6 Å². The highest BCUT2D eigenvalue weighted by atomic mass is 35.5. The van der Waals surface area contributed by atoms with Gasteiger partial charge in [-0.05, 0) is 31.3 Å². The van der Waals surface area contributed by atoms with Crippen molar-refractivity contribution in [2.45, 2.75) is 32.6 Å². The first-order chi connectivity index (χ1) is 5.61. The molecule has 0 unspecified atom stereocenters. The molecule has 0 radical (unpaired) electrons. The van der Waals surface area contributed by atoms with Crippen molar-refractivity contribution in [1.82, 2.24) is 0 Å². The number of aliphatic carboxylic acids is 1. The van der Waals surface area contributed by atoms with Crippen LogP contribution in [0.3, 0.4) is 0 Å². The molecule has 1 aliphatic carbocycles. The zero-order valence-electron chi connectivity index (χ0n) is 7.14. The molecule has 0 atom stereocenters. The molecule has 0 saturated heterocycles. The van der Waals surface area contributed by atoms with Crippen LogP contribution in [-0.4, -0.2) is 11.1 Å². The predicted octanol–water partition coefficient (Wildman–Crippen LogP) is 2.77. The van der Waals surface area contributed by atoms with Gasteiger partial charge in [0.1, 0.15) is 0 Å². The van der Waals surface area contributed by atoms with Crippen molar-refractivity contribution in [1.29, 1.82) is 0 Å². The van der Waals surface area contributed by atoms with Gasteiger partial charge in [-0.25, -0.2) is 0 Å². The Morgan fingerprint density at radius 2 is 2.17 bits per heavy atom. The highest BCUT2D eigenvalue weighted by molar-refractivity contribution is 6.29. The van der Waals surface area contributed by atoms with Crippen molar-refractivity contribution in [3.8, 4) is 0 Å². The fourth-order valence-corrected chi connectivity index (χ4v) is 1.69. The molecular weight excluding hydrogens is 176 g/mol. The normalized spacial score (nSPS) is 19.8. The minimum absolute atomic E-state index is 0.111. The van der Waals surface area contributed by atoms with Gasteiger partial charge in [0.2, 0.25) is 0 Å². The fourth-order valence-electron chi connectivity index (χ4n) is 1.47. The molecule has 0 aromatic heterocycles. The van der Waals surface area contributed by atoms with Gasteiger partial charge in [0.05, 0.1) is 6.42 Å². The van der Waals surface area contributed by atoms with Crippen LogP contribution in [0.25, 0.3) is 0 Å². The standard InChI is InChI=1S/C9H13ClO2/c1-6(10)8(5-9(11)12)7-3-2-4-7/h7H,2-5H2,1H3,(H,11,12). The van der Waals surface area contributed by atoms with Gasteiger partial charge in [-0.15, -0.1) is 0 Å². The average molecular weight is 189 g/mol. The van der Waals surface area contributed by atoms with Gasteiger partial charge < -0.3 is 5.11 Å². The second-order valence-electron chi connectivity index (χ2n) is 3.26. The van der Waals surface area contributed by atoms with Crippen LogP contribution in [0.2, 0.25) is 0 Å². The van der Waals surface area contributed by atoms with E-state index in [0.717, 1.165) is 18.4 Å². The van der Waals surface area contributed by atoms with E-state index < -0.39 is 5.97 Å². The molecule has 0 aromatic rings. The van der Waals surface area contributed by atoms with E-state index in [9.17, 15) is 4.79 Å². The Morgan fingerprint density at radius 3 is 2.42 bits per heavy atom. The summed E-state index contributed by atoms with van der Waals surface area (Å²) in [5, 5.41) is 9.28. The number of hydrogen-bond acceptors (Lipinski definition) is 1. The molecule has 0 bridgehead atoms. The second-order valence-corrected chi connectivity index (χ2v) is 3.82. The van der Waals surface area contributed by atoms with Crippen LogP contribution in [0.4, 0.5) is 0 Å². The minimum Gasteiger partial charge on any atom is -0.481 e. The van der Waals surface area contributed by atoms with E-state index in [-0.39, 0.29) is 6.42 Å². The van der Waals surface area contributed by atoms with Crippen molar-refractivity contribution in [3.05, 3.63) is 10.6 Å². The van der Waals surface area contributed by atoms with E-state index in [1.54, 1.807) is 6.92 Å². The summed E-state index contributed by atoms with van der Waals surface area (Å²) < 4.78 is 0. The maximum atomic E-state index is 10.5. The third-order valence-electron chi connectivity index (χ3n) is 2.38. The molecule has 3 heteroatoms. The Labute approximate surface area is 77.2 Å². The largest absolute Gasteiger partial charge is 0.481 e. The van der Waals surface area contributed by atoms with E-state index in [1.807, 2.05) is 0 Å². The van der Waals surface area contributed by atoms with Gasteiger partial charge in [-0.3, -0.25) is 4.79 Å². The third-order valence-corrected chi connectivity index (χ3v) is 2.62. The zero-order valence-corrected chi connectivity index (χ0v) is 7.90.